The molecule has 2 unspecified atom stereocenters. The molecule has 0 aromatic carbocycles. The molecule has 9 heteroatoms. The maximum Gasteiger partial charge on any atom is 0.272 e. The number of carbonyl (C=O) groups excluding carboxylic acids is 1. The number of nitrogens with one attached hydrogen (secondary N) is 2. The number of hydrogen-bond acceptors (Lipinski definition) is 6. The Morgan fingerprint density at radius 1 is 1.29 bits per heavy atom. The molecule has 1 amide bonds. The number of piperidine rings is 1. The van der Waals surface area contributed by atoms with Gasteiger partial charge in [0.15, 0.2) is 5.82 Å². The lowest BCUT2D eigenvalue weighted by molar-refractivity contribution is 0.0926. The monoisotopic (exact) mass is 408 g/mol. The average molecular weight is 409 g/mol. The summed E-state index contributed by atoms with van der Waals surface area (Å²) in [5.74, 6) is 1.40. The van der Waals surface area contributed by atoms with Crippen LogP contribution in [0.15, 0.2) is 16.8 Å². The van der Waals surface area contributed by atoms with Gasteiger partial charge in [-0.25, -0.2) is 0 Å². The Labute approximate surface area is 171 Å². The lowest BCUT2D eigenvalue weighted by atomic mass is 9.89. The normalized spacial score (nSPS) is 21.7. The van der Waals surface area contributed by atoms with E-state index in [1.165, 1.54) is 19.3 Å². The summed E-state index contributed by atoms with van der Waals surface area (Å²) in [6.45, 7) is 3.80. The van der Waals surface area contributed by atoms with Crippen molar-refractivity contribution in [3.63, 3.8) is 0 Å². The minimum atomic E-state index is -0.344. The molecule has 154 valence electrons. The second-order valence-electron chi connectivity index (χ2n) is 7.70. The molecular formula is C19H29ClN6O2. The predicted molar refractivity (Wildman–Crippen MR) is 107 cm³/mol. The minimum Gasteiger partial charge on any atom is -0.339 e. The SMILES string of the molecule is CC(NC(=O)c1ccn(C2CCCNC2)n1)c1nc(C2CCCCC2)no1.Cl. The van der Waals surface area contributed by atoms with E-state index in [0.29, 0.717) is 23.5 Å². The van der Waals surface area contributed by atoms with E-state index in [1.807, 2.05) is 17.8 Å². The quantitative estimate of drug-likeness (QED) is 0.788. The van der Waals surface area contributed by atoms with Crippen LogP contribution in [0.25, 0.3) is 0 Å². The number of rotatable bonds is 5. The molecule has 2 aromatic heterocycles. The molecule has 1 saturated heterocycles. The largest absolute Gasteiger partial charge is 0.339 e. The van der Waals surface area contributed by atoms with E-state index < -0.39 is 0 Å². The summed E-state index contributed by atoms with van der Waals surface area (Å²) in [6, 6.07) is 1.73. The lowest BCUT2D eigenvalue weighted by Gasteiger charge is -2.22. The highest BCUT2D eigenvalue weighted by molar-refractivity contribution is 5.92. The van der Waals surface area contributed by atoms with Gasteiger partial charge in [-0.3, -0.25) is 9.48 Å². The molecule has 1 aliphatic carbocycles. The first kappa shape index (κ1) is 20.8. The van der Waals surface area contributed by atoms with Crippen molar-refractivity contribution < 1.29 is 9.32 Å². The molecule has 2 fully saturated rings. The van der Waals surface area contributed by atoms with Gasteiger partial charge in [-0.2, -0.15) is 10.1 Å². The molecular weight excluding hydrogens is 380 g/mol. The predicted octanol–water partition coefficient (Wildman–Crippen LogP) is 3.15. The van der Waals surface area contributed by atoms with Gasteiger partial charge in [0.2, 0.25) is 5.89 Å². The van der Waals surface area contributed by atoms with Gasteiger partial charge in [-0.05, 0) is 45.2 Å². The minimum absolute atomic E-state index is 0. The Morgan fingerprint density at radius 3 is 2.86 bits per heavy atom. The van der Waals surface area contributed by atoms with Gasteiger partial charge in [-0.1, -0.05) is 24.4 Å². The number of amides is 1. The van der Waals surface area contributed by atoms with Crippen molar-refractivity contribution in [2.45, 2.75) is 69.9 Å². The van der Waals surface area contributed by atoms with Crippen LogP contribution in [0.4, 0.5) is 0 Å². The standard InChI is InChI=1S/C19H28N6O2.ClH/c1-13(19-22-17(24-27-19)14-6-3-2-4-7-14)21-18(26)16-9-11-25(23-16)15-8-5-10-20-12-15;/h9,11,13-15,20H,2-8,10,12H2,1H3,(H,21,26);1H. The molecule has 28 heavy (non-hydrogen) atoms. The Hall–Kier alpha value is -1.93. The van der Waals surface area contributed by atoms with Crippen molar-refractivity contribution >= 4 is 18.3 Å². The number of carbonyl (C=O) groups is 1. The number of nitrogens with zero attached hydrogens (tertiary/aromatic N) is 4. The molecule has 2 aromatic rings. The van der Waals surface area contributed by atoms with Gasteiger partial charge in [0.1, 0.15) is 11.7 Å². The summed E-state index contributed by atoms with van der Waals surface area (Å²) < 4.78 is 7.30. The summed E-state index contributed by atoms with van der Waals surface area (Å²) in [7, 11) is 0. The fraction of sp³-hybridized carbons (Fsp3) is 0.684. The van der Waals surface area contributed by atoms with Crippen molar-refractivity contribution in [2.24, 2.45) is 0 Å². The average Bonchev–Trinajstić information content (AvgIpc) is 3.39. The van der Waals surface area contributed by atoms with Crippen molar-refractivity contribution in [1.29, 1.82) is 0 Å². The first-order valence-corrected chi connectivity index (χ1v) is 10.1. The van der Waals surface area contributed by atoms with Crippen LogP contribution in [0.2, 0.25) is 0 Å². The molecule has 0 spiro atoms. The molecule has 2 aliphatic rings. The highest BCUT2D eigenvalue weighted by Gasteiger charge is 2.24. The molecule has 2 atom stereocenters. The zero-order chi connectivity index (χ0) is 18.6. The lowest BCUT2D eigenvalue weighted by Crippen LogP contribution is -2.32. The highest BCUT2D eigenvalue weighted by atomic mass is 35.5. The van der Waals surface area contributed by atoms with E-state index in [2.05, 4.69) is 25.9 Å². The van der Waals surface area contributed by atoms with Crippen molar-refractivity contribution in [2.75, 3.05) is 13.1 Å². The highest BCUT2D eigenvalue weighted by Crippen LogP contribution is 2.31. The summed E-state index contributed by atoms with van der Waals surface area (Å²) in [4.78, 5) is 17.1. The molecule has 0 bridgehead atoms. The van der Waals surface area contributed by atoms with Crippen LogP contribution < -0.4 is 10.6 Å². The van der Waals surface area contributed by atoms with Crippen molar-refractivity contribution in [3.05, 3.63) is 29.7 Å². The Bertz CT molecular complexity index is 764. The van der Waals surface area contributed by atoms with E-state index in [4.69, 9.17) is 4.52 Å². The van der Waals surface area contributed by atoms with Crippen LogP contribution in [-0.2, 0) is 0 Å². The van der Waals surface area contributed by atoms with Crippen LogP contribution in [-0.4, -0.2) is 38.9 Å². The zero-order valence-corrected chi connectivity index (χ0v) is 17.1. The van der Waals surface area contributed by atoms with E-state index in [9.17, 15) is 4.79 Å². The van der Waals surface area contributed by atoms with E-state index in [1.54, 1.807) is 6.07 Å². The number of halogens is 1. The second-order valence-corrected chi connectivity index (χ2v) is 7.70. The molecule has 1 saturated carbocycles. The van der Waals surface area contributed by atoms with Crippen LogP contribution in [0.3, 0.4) is 0 Å². The molecule has 3 heterocycles. The molecule has 2 N–H and O–H groups in total. The molecule has 1 aliphatic heterocycles. The van der Waals surface area contributed by atoms with Gasteiger partial charge in [0.25, 0.3) is 5.91 Å². The number of aromatic nitrogens is 4. The van der Waals surface area contributed by atoms with Crippen LogP contribution in [0, 0.1) is 0 Å². The molecule has 4 rings (SSSR count). The van der Waals surface area contributed by atoms with Crippen LogP contribution in [0.1, 0.15) is 92.1 Å². The zero-order valence-electron chi connectivity index (χ0n) is 16.3. The Morgan fingerprint density at radius 2 is 2.11 bits per heavy atom. The van der Waals surface area contributed by atoms with Gasteiger partial charge in [-0.15, -0.1) is 12.4 Å². The van der Waals surface area contributed by atoms with Crippen LogP contribution >= 0.6 is 12.4 Å². The van der Waals surface area contributed by atoms with Gasteiger partial charge < -0.3 is 15.2 Å². The first-order valence-electron chi connectivity index (χ1n) is 10.1. The number of hydrogen-bond donors (Lipinski definition) is 2. The van der Waals surface area contributed by atoms with Gasteiger partial charge in [0.05, 0.1) is 6.04 Å². The van der Waals surface area contributed by atoms with Gasteiger partial charge in [0, 0.05) is 18.7 Å². The Kier molecular flexibility index (Phi) is 7.07. The topological polar surface area (TPSA) is 97.9 Å². The molecule has 0 radical (unpaired) electrons. The third kappa shape index (κ3) is 4.72. The smallest absolute Gasteiger partial charge is 0.272 e. The third-order valence-corrected chi connectivity index (χ3v) is 5.63. The first-order chi connectivity index (χ1) is 13.2. The van der Waals surface area contributed by atoms with Gasteiger partial charge >= 0.3 is 0 Å². The summed E-state index contributed by atoms with van der Waals surface area (Å²) in [5, 5.41) is 14.9. The van der Waals surface area contributed by atoms with Crippen molar-refractivity contribution in [3.8, 4) is 0 Å². The van der Waals surface area contributed by atoms with Crippen molar-refractivity contribution in [1.82, 2.24) is 30.6 Å². The molecule has 8 nitrogen and oxygen atoms in total. The summed E-state index contributed by atoms with van der Waals surface area (Å²) >= 11 is 0. The summed E-state index contributed by atoms with van der Waals surface area (Å²) in [6.07, 6.45) is 10.1. The van der Waals surface area contributed by atoms with E-state index >= 15 is 0 Å². The third-order valence-electron chi connectivity index (χ3n) is 5.63. The fourth-order valence-corrected chi connectivity index (χ4v) is 4.00. The maximum absolute atomic E-state index is 12.5. The van der Waals surface area contributed by atoms with E-state index in [0.717, 1.165) is 44.6 Å². The van der Waals surface area contributed by atoms with E-state index in [-0.39, 0.29) is 24.4 Å². The second kappa shape index (κ2) is 9.52. The van der Waals surface area contributed by atoms with Crippen LogP contribution in [0.5, 0.6) is 0 Å². The summed E-state index contributed by atoms with van der Waals surface area (Å²) in [5.41, 5.74) is 0.416. The maximum atomic E-state index is 12.5. The fourth-order valence-electron chi connectivity index (χ4n) is 4.00. The Balaban J connectivity index is 0.00000225.